The van der Waals surface area contributed by atoms with Crippen molar-refractivity contribution < 1.29 is 10.2 Å². The molecule has 0 aliphatic heterocycles. The summed E-state index contributed by atoms with van der Waals surface area (Å²) in [5, 5.41) is 21.9. The Labute approximate surface area is 197 Å². The second-order valence-corrected chi connectivity index (χ2v) is 14.8. The fraction of sp³-hybridized carbons (Fsp3) is 0.933. The van der Waals surface area contributed by atoms with Crippen molar-refractivity contribution in [1.82, 2.24) is 0 Å². The maximum atomic E-state index is 11.0. The van der Waals surface area contributed by atoms with Crippen LogP contribution >= 0.6 is 0 Å². The van der Waals surface area contributed by atoms with E-state index < -0.39 is 12.2 Å². The third kappa shape index (κ3) is 2.61. The smallest absolute Gasteiger partial charge is 0.0852 e. The lowest BCUT2D eigenvalue weighted by Crippen LogP contribution is -2.66. The Balaban J connectivity index is 1.57. The maximum Gasteiger partial charge on any atom is 0.0852 e. The van der Waals surface area contributed by atoms with Crippen LogP contribution < -0.4 is 0 Å². The Hall–Kier alpha value is -0.340. The zero-order chi connectivity index (χ0) is 23.5. The van der Waals surface area contributed by atoms with Gasteiger partial charge in [0.15, 0.2) is 0 Å². The molecular weight excluding hydrogens is 392 g/mol. The van der Waals surface area contributed by atoms with Crippen molar-refractivity contribution in [3.8, 4) is 0 Å². The van der Waals surface area contributed by atoms with Crippen molar-refractivity contribution in [1.29, 1.82) is 0 Å². The molecule has 10 unspecified atom stereocenters. The topological polar surface area (TPSA) is 40.5 Å². The van der Waals surface area contributed by atoms with Gasteiger partial charge in [-0.05, 0) is 108 Å². The molecule has 32 heavy (non-hydrogen) atoms. The van der Waals surface area contributed by atoms with Crippen LogP contribution in [0.1, 0.15) is 107 Å². The van der Waals surface area contributed by atoms with Crippen LogP contribution in [0.5, 0.6) is 0 Å². The van der Waals surface area contributed by atoms with Crippen LogP contribution in [-0.4, -0.2) is 22.4 Å². The quantitative estimate of drug-likeness (QED) is 0.429. The monoisotopic (exact) mass is 442 g/mol. The van der Waals surface area contributed by atoms with E-state index in [9.17, 15) is 10.2 Å². The minimum absolute atomic E-state index is 0.0943. The van der Waals surface area contributed by atoms with E-state index in [0.717, 1.165) is 24.2 Å². The zero-order valence-electron chi connectivity index (χ0n) is 22.2. The molecule has 5 rings (SSSR count). The Kier molecular flexibility index (Phi) is 5.02. The number of aliphatic hydroxyl groups is 2. The summed E-state index contributed by atoms with van der Waals surface area (Å²) >= 11 is 0. The highest BCUT2D eigenvalue weighted by Crippen LogP contribution is 2.76. The molecular formula is C30H50O2. The van der Waals surface area contributed by atoms with E-state index in [2.05, 4.69) is 61.5 Å². The standard InChI is InChI=1S/C30H50O2/c1-18(2)19-9-10-20-21-11-12-24-28(6)17-22(31)25(32)26(3,4)23(28)13-14-30(24,8)29(21,7)16-15-27(19,20)5/h11,18-20,22-25,31-32H,9-10,12-17H2,1-8H3. The molecule has 0 aromatic rings. The van der Waals surface area contributed by atoms with E-state index in [1.807, 2.05) is 5.57 Å². The SMILES string of the molecule is CC(C)C1CCC2C3=CCC4C5(C)CC(O)C(O)C(C)(C)C5CCC4(C)C3(C)CCC21C. The number of hydrogen-bond acceptors (Lipinski definition) is 2. The van der Waals surface area contributed by atoms with E-state index in [1.165, 1.54) is 44.9 Å². The molecule has 0 bridgehead atoms. The molecule has 0 saturated heterocycles. The molecule has 4 saturated carbocycles. The van der Waals surface area contributed by atoms with Gasteiger partial charge >= 0.3 is 0 Å². The van der Waals surface area contributed by atoms with Crippen molar-refractivity contribution in [2.75, 3.05) is 0 Å². The Bertz CT molecular complexity index is 812. The molecule has 0 radical (unpaired) electrons. The Morgan fingerprint density at radius 2 is 1.53 bits per heavy atom. The second-order valence-electron chi connectivity index (χ2n) is 14.8. The van der Waals surface area contributed by atoms with Crippen LogP contribution in [0.3, 0.4) is 0 Å². The first kappa shape index (κ1) is 23.4. The summed E-state index contributed by atoms with van der Waals surface area (Å²) in [6, 6.07) is 0. The van der Waals surface area contributed by atoms with Crippen molar-refractivity contribution in [2.24, 2.45) is 56.7 Å². The van der Waals surface area contributed by atoms with Crippen LogP contribution in [-0.2, 0) is 0 Å². The molecule has 5 aliphatic carbocycles. The molecule has 2 heteroatoms. The highest BCUT2D eigenvalue weighted by atomic mass is 16.3. The van der Waals surface area contributed by atoms with Gasteiger partial charge in [-0.2, -0.15) is 0 Å². The summed E-state index contributed by atoms with van der Waals surface area (Å²) in [6.07, 6.45) is 11.4. The highest BCUT2D eigenvalue weighted by Gasteiger charge is 2.69. The first-order valence-corrected chi connectivity index (χ1v) is 13.8. The van der Waals surface area contributed by atoms with E-state index in [1.54, 1.807) is 0 Å². The minimum atomic E-state index is -0.600. The summed E-state index contributed by atoms with van der Waals surface area (Å²) in [6.45, 7) is 19.7. The number of hydrogen-bond donors (Lipinski definition) is 2. The van der Waals surface area contributed by atoms with Crippen molar-refractivity contribution in [3.63, 3.8) is 0 Å². The maximum absolute atomic E-state index is 11.0. The van der Waals surface area contributed by atoms with Gasteiger partial charge in [-0.25, -0.2) is 0 Å². The average Bonchev–Trinajstić information content (AvgIpc) is 3.04. The first-order valence-electron chi connectivity index (χ1n) is 13.8. The average molecular weight is 443 g/mol. The number of rotatable bonds is 1. The van der Waals surface area contributed by atoms with E-state index in [4.69, 9.17) is 0 Å². The molecule has 5 aliphatic rings. The number of fused-ring (bicyclic) bond motifs is 7. The number of aliphatic hydroxyl groups excluding tert-OH is 2. The Morgan fingerprint density at radius 3 is 2.19 bits per heavy atom. The summed E-state index contributed by atoms with van der Waals surface area (Å²) in [7, 11) is 0. The van der Waals surface area contributed by atoms with Crippen LogP contribution in [0.25, 0.3) is 0 Å². The zero-order valence-corrected chi connectivity index (χ0v) is 22.2. The van der Waals surface area contributed by atoms with E-state index in [0.29, 0.717) is 17.3 Å². The van der Waals surface area contributed by atoms with Gasteiger partial charge < -0.3 is 10.2 Å². The summed E-state index contributed by atoms with van der Waals surface area (Å²) < 4.78 is 0. The molecule has 0 aromatic carbocycles. The molecule has 0 spiro atoms. The normalized spacial score (nSPS) is 56.7. The molecule has 0 heterocycles. The van der Waals surface area contributed by atoms with Crippen molar-refractivity contribution in [3.05, 3.63) is 11.6 Å². The summed E-state index contributed by atoms with van der Waals surface area (Å²) in [5.74, 6) is 3.50. The van der Waals surface area contributed by atoms with Gasteiger partial charge in [0.05, 0.1) is 12.2 Å². The van der Waals surface area contributed by atoms with E-state index >= 15 is 0 Å². The van der Waals surface area contributed by atoms with Gasteiger partial charge in [0.25, 0.3) is 0 Å². The Morgan fingerprint density at radius 1 is 0.844 bits per heavy atom. The van der Waals surface area contributed by atoms with Crippen LogP contribution in [0.15, 0.2) is 11.6 Å². The second kappa shape index (κ2) is 6.87. The predicted molar refractivity (Wildman–Crippen MR) is 132 cm³/mol. The lowest BCUT2D eigenvalue weighted by atomic mass is 9.34. The van der Waals surface area contributed by atoms with Crippen LogP contribution in [0, 0.1) is 56.7 Å². The number of allylic oxidation sites excluding steroid dienone is 2. The van der Waals surface area contributed by atoms with Crippen molar-refractivity contribution >= 4 is 0 Å². The van der Waals surface area contributed by atoms with Crippen LogP contribution in [0.2, 0.25) is 0 Å². The van der Waals surface area contributed by atoms with Gasteiger partial charge in [0, 0.05) is 0 Å². The van der Waals surface area contributed by atoms with Gasteiger partial charge in [0.2, 0.25) is 0 Å². The minimum Gasteiger partial charge on any atom is -0.390 e. The highest BCUT2D eigenvalue weighted by molar-refractivity contribution is 5.34. The summed E-state index contributed by atoms with van der Waals surface area (Å²) in [4.78, 5) is 0. The van der Waals surface area contributed by atoms with E-state index in [-0.39, 0.29) is 21.7 Å². The predicted octanol–water partition coefficient (Wildman–Crippen LogP) is 7.00. The molecule has 4 fully saturated rings. The first-order chi connectivity index (χ1) is 14.7. The van der Waals surface area contributed by atoms with Gasteiger partial charge in [-0.15, -0.1) is 0 Å². The molecule has 0 amide bonds. The summed E-state index contributed by atoms with van der Waals surface area (Å²) in [5.41, 5.74) is 2.75. The third-order valence-electron chi connectivity index (χ3n) is 13.2. The fourth-order valence-corrected chi connectivity index (χ4v) is 11.4. The van der Waals surface area contributed by atoms with Gasteiger partial charge in [0.1, 0.15) is 0 Å². The molecule has 2 nitrogen and oxygen atoms in total. The molecule has 2 N–H and O–H groups in total. The third-order valence-corrected chi connectivity index (χ3v) is 13.2. The fourth-order valence-electron chi connectivity index (χ4n) is 11.4. The van der Waals surface area contributed by atoms with Gasteiger partial charge in [-0.3, -0.25) is 0 Å². The molecule has 10 atom stereocenters. The molecule has 0 aromatic heterocycles. The molecule has 182 valence electrons. The lowest BCUT2D eigenvalue weighted by molar-refractivity contribution is -0.230. The largest absolute Gasteiger partial charge is 0.390 e. The lowest BCUT2D eigenvalue weighted by Gasteiger charge is -2.71. The van der Waals surface area contributed by atoms with Gasteiger partial charge in [-0.1, -0.05) is 67.0 Å². The van der Waals surface area contributed by atoms with Crippen molar-refractivity contribution in [2.45, 2.75) is 119 Å². The van der Waals surface area contributed by atoms with Crippen LogP contribution in [0.4, 0.5) is 0 Å².